The van der Waals surface area contributed by atoms with Gasteiger partial charge in [-0.1, -0.05) is 12.1 Å². The number of ether oxygens (including phenoxy) is 1. The largest absolute Gasteiger partial charge is 0.491 e. The van der Waals surface area contributed by atoms with Crippen molar-refractivity contribution in [1.82, 2.24) is 20.8 Å². The Morgan fingerprint density at radius 3 is 2.77 bits per heavy atom. The van der Waals surface area contributed by atoms with Gasteiger partial charge in [0.15, 0.2) is 5.69 Å². The first-order valence-electron chi connectivity index (χ1n) is 8.54. The number of aromatic amines is 1. The molecule has 0 saturated carbocycles. The fourth-order valence-electron chi connectivity index (χ4n) is 2.84. The Morgan fingerprint density at radius 2 is 2.08 bits per heavy atom. The Hall–Kier alpha value is -2.09. The maximum atomic E-state index is 12.3. The minimum atomic E-state index is -0.787. The molecule has 8 heteroatoms. The summed E-state index contributed by atoms with van der Waals surface area (Å²) in [6, 6.07) is 7.23. The van der Waals surface area contributed by atoms with Gasteiger partial charge in [-0.05, 0) is 31.5 Å². The van der Waals surface area contributed by atoms with Gasteiger partial charge in [0.2, 0.25) is 0 Å². The van der Waals surface area contributed by atoms with Crippen LogP contribution in [0.4, 0.5) is 0 Å². The number of benzene rings is 1. The summed E-state index contributed by atoms with van der Waals surface area (Å²) >= 11 is 0. The Labute approximate surface area is 158 Å². The van der Waals surface area contributed by atoms with Crippen molar-refractivity contribution in [2.75, 3.05) is 13.1 Å². The van der Waals surface area contributed by atoms with Crippen molar-refractivity contribution in [3.05, 3.63) is 46.8 Å². The van der Waals surface area contributed by atoms with Gasteiger partial charge in [-0.15, -0.1) is 12.4 Å². The summed E-state index contributed by atoms with van der Waals surface area (Å²) in [7, 11) is 0. The lowest BCUT2D eigenvalue weighted by molar-refractivity contribution is 0.0910. The van der Waals surface area contributed by atoms with Crippen LogP contribution in [-0.2, 0) is 13.0 Å². The molecule has 0 aliphatic carbocycles. The number of H-pyrrole nitrogens is 1. The minimum Gasteiger partial charge on any atom is -0.491 e. The van der Waals surface area contributed by atoms with Crippen LogP contribution in [0.1, 0.15) is 47.3 Å². The number of fused-ring (bicyclic) bond motifs is 1. The number of hydrogen-bond donors (Lipinski definition) is 4. The van der Waals surface area contributed by atoms with Crippen LogP contribution in [0.3, 0.4) is 0 Å². The summed E-state index contributed by atoms with van der Waals surface area (Å²) in [5, 5.41) is 23.3. The van der Waals surface area contributed by atoms with E-state index in [0.717, 1.165) is 35.5 Å². The number of carbonyl (C=O) groups excluding carboxylic acids is 1. The molecule has 3 rings (SSSR count). The minimum absolute atomic E-state index is 0. The smallest absolute Gasteiger partial charge is 0.272 e. The maximum Gasteiger partial charge on any atom is 0.272 e. The number of carbonyl (C=O) groups is 1. The van der Waals surface area contributed by atoms with Gasteiger partial charge >= 0.3 is 0 Å². The van der Waals surface area contributed by atoms with E-state index in [1.54, 1.807) is 12.1 Å². The van der Waals surface area contributed by atoms with E-state index >= 15 is 0 Å². The van der Waals surface area contributed by atoms with Crippen molar-refractivity contribution in [1.29, 1.82) is 0 Å². The number of aliphatic hydroxyl groups excluding tert-OH is 1. The summed E-state index contributed by atoms with van der Waals surface area (Å²) in [6.07, 6.45) is 0.150. The molecule has 2 heterocycles. The van der Waals surface area contributed by atoms with E-state index in [-0.39, 0.29) is 31.0 Å². The van der Waals surface area contributed by atoms with Crippen molar-refractivity contribution in [3.63, 3.8) is 0 Å². The highest BCUT2D eigenvalue weighted by atomic mass is 35.5. The van der Waals surface area contributed by atoms with Gasteiger partial charge in [0.25, 0.3) is 5.91 Å². The summed E-state index contributed by atoms with van der Waals surface area (Å²) in [6.45, 7) is 5.56. The van der Waals surface area contributed by atoms with Gasteiger partial charge in [0.1, 0.15) is 5.75 Å². The highest BCUT2D eigenvalue weighted by Gasteiger charge is 2.22. The molecule has 0 saturated heterocycles. The molecular formula is C18H25ClN4O3. The fourth-order valence-corrected chi connectivity index (χ4v) is 2.84. The quantitative estimate of drug-likeness (QED) is 0.611. The van der Waals surface area contributed by atoms with E-state index in [4.69, 9.17) is 4.74 Å². The lowest BCUT2D eigenvalue weighted by atomic mass is 10.1. The molecule has 1 unspecified atom stereocenters. The van der Waals surface area contributed by atoms with Gasteiger partial charge in [0.05, 0.1) is 12.2 Å². The Morgan fingerprint density at radius 1 is 1.35 bits per heavy atom. The number of halogens is 1. The molecule has 1 aliphatic heterocycles. The average molecular weight is 381 g/mol. The van der Waals surface area contributed by atoms with Crippen molar-refractivity contribution in [2.45, 2.75) is 39.0 Å². The highest BCUT2D eigenvalue weighted by Crippen LogP contribution is 2.19. The third kappa shape index (κ3) is 4.75. The molecule has 1 aromatic carbocycles. The lowest BCUT2D eigenvalue weighted by Gasteiger charge is -2.15. The third-order valence-electron chi connectivity index (χ3n) is 4.11. The molecular weight excluding hydrogens is 356 g/mol. The summed E-state index contributed by atoms with van der Waals surface area (Å²) in [5.41, 5.74) is 3.04. The molecule has 26 heavy (non-hydrogen) atoms. The van der Waals surface area contributed by atoms with Gasteiger partial charge < -0.3 is 20.5 Å². The van der Waals surface area contributed by atoms with Crippen LogP contribution >= 0.6 is 12.4 Å². The number of aromatic nitrogens is 2. The van der Waals surface area contributed by atoms with Crippen LogP contribution < -0.4 is 15.4 Å². The van der Waals surface area contributed by atoms with E-state index in [2.05, 4.69) is 20.8 Å². The molecule has 0 bridgehead atoms. The molecule has 1 aliphatic rings. The van der Waals surface area contributed by atoms with Crippen LogP contribution in [0.5, 0.6) is 5.75 Å². The zero-order valence-corrected chi connectivity index (χ0v) is 15.7. The fraction of sp³-hybridized carbons (Fsp3) is 0.444. The van der Waals surface area contributed by atoms with Crippen molar-refractivity contribution < 1.29 is 14.6 Å². The van der Waals surface area contributed by atoms with E-state index in [9.17, 15) is 9.90 Å². The molecule has 1 atom stereocenters. The SMILES string of the molecule is CC(C)Oc1ccc(C(O)CNC(=O)c2n[nH]c3c2CNCC3)cc1.Cl. The predicted octanol–water partition coefficient (Wildman–Crippen LogP) is 1.73. The molecule has 0 fully saturated rings. The number of nitrogens with zero attached hydrogens (tertiary/aromatic N) is 1. The topological polar surface area (TPSA) is 99.3 Å². The van der Waals surface area contributed by atoms with Gasteiger partial charge in [0, 0.05) is 37.3 Å². The van der Waals surface area contributed by atoms with Crippen molar-refractivity contribution in [3.8, 4) is 5.75 Å². The lowest BCUT2D eigenvalue weighted by Crippen LogP contribution is -2.31. The second-order valence-corrected chi connectivity index (χ2v) is 6.42. The Kier molecular flexibility index (Phi) is 7.02. The number of nitrogens with one attached hydrogen (secondary N) is 3. The van der Waals surface area contributed by atoms with Crippen LogP contribution in [0.25, 0.3) is 0 Å². The van der Waals surface area contributed by atoms with Crippen LogP contribution in [0.2, 0.25) is 0 Å². The van der Waals surface area contributed by atoms with Crippen LogP contribution in [-0.4, -0.2) is 40.4 Å². The second kappa shape index (κ2) is 9.02. The zero-order chi connectivity index (χ0) is 17.8. The number of amides is 1. The van der Waals surface area contributed by atoms with E-state index in [0.29, 0.717) is 12.2 Å². The Bertz CT molecular complexity index is 731. The molecule has 0 radical (unpaired) electrons. The first-order chi connectivity index (χ1) is 12.0. The first kappa shape index (κ1) is 20.2. The summed E-state index contributed by atoms with van der Waals surface area (Å²) < 4.78 is 5.58. The van der Waals surface area contributed by atoms with Gasteiger partial charge in [-0.3, -0.25) is 9.89 Å². The van der Waals surface area contributed by atoms with Crippen molar-refractivity contribution >= 4 is 18.3 Å². The van der Waals surface area contributed by atoms with E-state index in [1.165, 1.54) is 0 Å². The molecule has 4 N–H and O–H groups in total. The molecule has 2 aromatic rings. The molecule has 0 spiro atoms. The summed E-state index contributed by atoms with van der Waals surface area (Å²) in [5.74, 6) is 0.477. The van der Waals surface area contributed by atoms with E-state index in [1.807, 2.05) is 26.0 Å². The second-order valence-electron chi connectivity index (χ2n) is 6.42. The monoisotopic (exact) mass is 380 g/mol. The molecule has 1 amide bonds. The highest BCUT2D eigenvalue weighted by molar-refractivity contribution is 5.94. The summed E-state index contributed by atoms with van der Waals surface area (Å²) in [4.78, 5) is 12.3. The number of hydrogen-bond acceptors (Lipinski definition) is 5. The zero-order valence-electron chi connectivity index (χ0n) is 14.9. The normalized spacial score (nSPS) is 14.3. The average Bonchev–Trinajstić information content (AvgIpc) is 3.03. The first-order valence-corrected chi connectivity index (χ1v) is 8.54. The van der Waals surface area contributed by atoms with Gasteiger partial charge in [-0.2, -0.15) is 5.10 Å². The van der Waals surface area contributed by atoms with Crippen LogP contribution in [0.15, 0.2) is 24.3 Å². The molecule has 142 valence electrons. The van der Waals surface area contributed by atoms with Gasteiger partial charge in [-0.25, -0.2) is 0 Å². The van der Waals surface area contributed by atoms with Crippen LogP contribution in [0, 0.1) is 0 Å². The third-order valence-corrected chi connectivity index (χ3v) is 4.11. The number of rotatable bonds is 6. The van der Waals surface area contributed by atoms with Crippen molar-refractivity contribution in [2.24, 2.45) is 0 Å². The molecule has 1 aromatic heterocycles. The Balaban J connectivity index is 0.00000243. The maximum absolute atomic E-state index is 12.3. The standard InChI is InChI=1S/C18H24N4O3.ClH/c1-11(2)25-13-5-3-12(4-6-13)16(23)10-20-18(24)17-14-9-19-8-7-15(14)21-22-17;/h3-6,11,16,19,23H,7-10H2,1-2H3,(H,20,24)(H,21,22);1H. The van der Waals surface area contributed by atoms with E-state index < -0.39 is 6.10 Å². The molecule has 7 nitrogen and oxygen atoms in total. The number of aliphatic hydroxyl groups is 1. The predicted molar refractivity (Wildman–Crippen MR) is 101 cm³/mol.